The van der Waals surface area contributed by atoms with E-state index in [1.807, 2.05) is 30.3 Å². The Morgan fingerprint density at radius 2 is 2.04 bits per heavy atom. The third-order valence-electron chi connectivity index (χ3n) is 3.16. The van der Waals surface area contributed by atoms with E-state index in [4.69, 9.17) is 4.84 Å². The zero-order chi connectivity index (χ0) is 18.3. The third kappa shape index (κ3) is 5.59. The van der Waals surface area contributed by atoms with E-state index >= 15 is 0 Å². The summed E-state index contributed by atoms with van der Waals surface area (Å²) in [5, 5.41) is 6.11. The monoisotopic (exact) mass is 351 g/mol. The Bertz CT molecular complexity index is 733. The van der Waals surface area contributed by atoms with Crippen molar-refractivity contribution in [3.63, 3.8) is 0 Å². The molecule has 0 saturated carbocycles. The predicted octanol–water partition coefficient (Wildman–Crippen LogP) is 3.42. The van der Waals surface area contributed by atoms with Crippen LogP contribution in [0, 0.1) is 0 Å². The van der Waals surface area contributed by atoms with Crippen molar-refractivity contribution in [2.75, 3.05) is 0 Å². The molecule has 1 atom stereocenters. The van der Waals surface area contributed by atoms with Gasteiger partial charge in [-0.1, -0.05) is 35.5 Å². The third-order valence-corrected chi connectivity index (χ3v) is 3.16. The van der Waals surface area contributed by atoms with E-state index in [0.29, 0.717) is 0 Å². The summed E-state index contributed by atoms with van der Waals surface area (Å²) in [6.07, 6.45) is -1.47. The summed E-state index contributed by atoms with van der Waals surface area (Å²) in [5.41, 5.74) is -0.661. The highest BCUT2D eigenvalue weighted by Crippen LogP contribution is 2.31. The first kappa shape index (κ1) is 18.4. The molecule has 0 aliphatic carbocycles. The van der Waals surface area contributed by atoms with Crippen molar-refractivity contribution < 1.29 is 22.8 Å². The molecule has 0 spiro atoms. The zero-order valence-electron chi connectivity index (χ0n) is 13.3. The summed E-state index contributed by atoms with van der Waals surface area (Å²) in [6.45, 7) is 1.82. The average Bonchev–Trinajstić information content (AvgIpc) is 2.59. The van der Waals surface area contributed by atoms with Gasteiger partial charge in [0.2, 0.25) is 0 Å². The van der Waals surface area contributed by atoms with Gasteiger partial charge in [0.25, 0.3) is 5.91 Å². The van der Waals surface area contributed by atoms with Gasteiger partial charge in [-0.2, -0.15) is 13.2 Å². The molecule has 0 saturated heterocycles. The molecule has 2 aromatic rings. The van der Waals surface area contributed by atoms with E-state index in [-0.39, 0.29) is 6.61 Å². The number of halogens is 3. The first-order valence-corrected chi connectivity index (χ1v) is 7.39. The smallest absolute Gasteiger partial charge is 0.391 e. The number of carbonyl (C=O) groups excluding carboxylic acids is 1. The SMILES string of the molecule is CC(/C=N/OCc1ccccc1)NC(=O)c1cnccc1C(F)(F)F. The Balaban J connectivity index is 1.91. The van der Waals surface area contributed by atoms with Crippen LogP contribution >= 0.6 is 0 Å². The van der Waals surface area contributed by atoms with Crippen molar-refractivity contribution in [1.29, 1.82) is 0 Å². The van der Waals surface area contributed by atoms with E-state index in [2.05, 4.69) is 15.5 Å². The molecule has 25 heavy (non-hydrogen) atoms. The summed E-state index contributed by atoms with van der Waals surface area (Å²) in [4.78, 5) is 20.7. The molecule has 132 valence electrons. The molecule has 5 nitrogen and oxygen atoms in total. The lowest BCUT2D eigenvalue weighted by Crippen LogP contribution is -2.35. The zero-order valence-corrected chi connectivity index (χ0v) is 13.3. The van der Waals surface area contributed by atoms with Crippen LogP contribution in [-0.4, -0.2) is 23.1 Å². The topological polar surface area (TPSA) is 63.6 Å². The molecular weight excluding hydrogens is 335 g/mol. The summed E-state index contributed by atoms with van der Waals surface area (Å²) in [6, 6.07) is 9.46. The number of oxime groups is 1. The van der Waals surface area contributed by atoms with Crippen molar-refractivity contribution >= 4 is 12.1 Å². The van der Waals surface area contributed by atoms with Crippen LogP contribution in [-0.2, 0) is 17.6 Å². The maximum atomic E-state index is 12.9. The minimum atomic E-state index is -4.63. The molecule has 1 heterocycles. The highest BCUT2D eigenvalue weighted by molar-refractivity contribution is 5.97. The Morgan fingerprint density at radius 3 is 2.72 bits per heavy atom. The van der Waals surface area contributed by atoms with Crippen LogP contribution in [0.25, 0.3) is 0 Å². The summed E-state index contributed by atoms with van der Waals surface area (Å²) in [7, 11) is 0. The fourth-order valence-electron chi connectivity index (χ4n) is 1.96. The van der Waals surface area contributed by atoms with Gasteiger partial charge >= 0.3 is 6.18 Å². The molecule has 0 bridgehead atoms. The van der Waals surface area contributed by atoms with Gasteiger partial charge in [-0.05, 0) is 18.6 Å². The molecule has 1 aromatic carbocycles. The summed E-state index contributed by atoms with van der Waals surface area (Å²) < 4.78 is 38.7. The second kappa shape index (κ2) is 8.27. The molecule has 0 fully saturated rings. The largest absolute Gasteiger partial charge is 0.417 e. The maximum absolute atomic E-state index is 12.9. The number of alkyl halides is 3. The van der Waals surface area contributed by atoms with Gasteiger partial charge in [-0.3, -0.25) is 9.78 Å². The van der Waals surface area contributed by atoms with Crippen LogP contribution in [0.1, 0.15) is 28.4 Å². The number of benzene rings is 1. The highest BCUT2D eigenvalue weighted by atomic mass is 19.4. The first-order chi connectivity index (χ1) is 11.9. The lowest BCUT2D eigenvalue weighted by Gasteiger charge is -2.13. The quantitative estimate of drug-likeness (QED) is 0.641. The number of nitrogens with zero attached hydrogens (tertiary/aromatic N) is 2. The number of hydrogen-bond acceptors (Lipinski definition) is 4. The van der Waals surface area contributed by atoms with Crippen LogP contribution in [0.4, 0.5) is 13.2 Å². The van der Waals surface area contributed by atoms with Crippen molar-refractivity contribution in [3.05, 3.63) is 65.5 Å². The van der Waals surface area contributed by atoms with Gasteiger partial charge in [0.1, 0.15) is 6.61 Å². The normalized spacial score (nSPS) is 12.8. The number of amides is 1. The highest BCUT2D eigenvalue weighted by Gasteiger charge is 2.35. The van der Waals surface area contributed by atoms with Crippen LogP contribution < -0.4 is 5.32 Å². The fourth-order valence-corrected chi connectivity index (χ4v) is 1.96. The van der Waals surface area contributed by atoms with Gasteiger partial charge in [-0.15, -0.1) is 0 Å². The molecule has 1 N–H and O–H groups in total. The Hall–Kier alpha value is -2.90. The number of pyridine rings is 1. The number of hydrogen-bond donors (Lipinski definition) is 1. The standard InChI is InChI=1S/C17H16F3N3O2/c1-12(9-22-25-11-13-5-3-2-4-6-13)23-16(24)14-10-21-8-7-15(14)17(18,19)20/h2-10,12H,11H2,1H3,(H,23,24)/b22-9+. The van der Waals surface area contributed by atoms with Crippen LogP contribution in [0.2, 0.25) is 0 Å². The number of carbonyl (C=O) groups is 1. The van der Waals surface area contributed by atoms with Gasteiger partial charge < -0.3 is 10.2 Å². The van der Waals surface area contributed by atoms with E-state index in [1.165, 1.54) is 6.21 Å². The molecule has 1 unspecified atom stereocenters. The molecule has 0 aliphatic heterocycles. The van der Waals surface area contributed by atoms with Crippen LogP contribution in [0.3, 0.4) is 0 Å². The fraction of sp³-hybridized carbons (Fsp3) is 0.235. The molecule has 0 aliphatic rings. The van der Waals surface area contributed by atoms with Crippen molar-refractivity contribution in [3.8, 4) is 0 Å². The van der Waals surface area contributed by atoms with Gasteiger partial charge in [0, 0.05) is 12.4 Å². The molecule has 1 amide bonds. The van der Waals surface area contributed by atoms with Crippen molar-refractivity contribution in [2.24, 2.45) is 5.16 Å². The molecule has 8 heteroatoms. The lowest BCUT2D eigenvalue weighted by atomic mass is 10.1. The Morgan fingerprint density at radius 1 is 1.32 bits per heavy atom. The summed E-state index contributed by atoms with van der Waals surface area (Å²) in [5.74, 6) is -0.887. The van der Waals surface area contributed by atoms with Crippen LogP contribution in [0.15, 0.2) is 53.9 Å². The van der Waals surface area contributed by atoms with Gasteiger partial charge in [0.15, 0.2) is 0 Å². The Kier molecular flexibility index (Phi) is 6.10. The van der Waals surface area contributed by atoms with Crippen molar-refractivity contribution in [2.45, 2.75) is 25.7 Å². The second-order valence-corrected chi connectivity index (χ2v) is 5.19. The number of aromatic nitrogens is 1. The number of nitrogens with one attached hydrogen (secondary N) is 1. The minimum absolute atomic E-state index is 0.249. The average molecular weight is 351 g/mol. The van der Waals surface area contributed by atoms with E-state index in [1.54, 1.807) is 6.92 Å². The summed E-state index contributed by atoms with van der Waals surface area (Å²) >= 11 is 0. The van der Waals surface area contributed by atoms with E-state index < -0.39 is 29.3 Å². The van der Waals surface area contributed by atoms with Gasteiger partial charge in [0.05, 0.1) is 23.4 Å². The predicted molar refractivity (Wildman–Crippen MR) is 85.9 cm³/mol. The maximum Gasteiger partial charge on any atom is 0.417 e. The number of rotatable bonds is 6. The lowest BCUT2D eigenvalue weighted by molar-refractivity contribution is -0.138. The Labute approximate surface area is 142 Å². The molecule has 0 radical (unpaired) electrons. The molecular formula is C17H16F3N3O2. The second-order valence-electron chi connectivity index (χ2n) is 5.19. The van der Waals surface area contributed by atoms with Crippen molar-refractivity contribution in [1.82, 2.24) is 10.3 Å². The molecule has 1 aromatic heterocycles. The van der Waals surface area contributed by atoms with E-state index in [0.717, 1.165) is 24.0 Å². The van der Waals surface area contributed by atoms with E-state index in [9.17, 15) is 18.0 Å². The molecule has 2 rings (SSSR count). The minimum Gasteiger partial charge on any atom is -0.391 e. The first-order valence-electron chi connectivity index (χ1n) is 7.39. The van der Waals surface area contributed by atoms with Crippen LogP contribution in [0.5, 0.6) is 0 Å². The van der Waals surface area contributed by atoms with Gasteiger partial charge in [-0.25, -0.2) is 0 Å².